The maximum atomic E-state index is 5.73. The van der Waals surface area contributed by atoms with Gasteiger partial charge in [0.15, 0.2) is 16.6 Å². The molecule has 0 amide bonds. The van der Waals surface area contributed by atoms with Crippen LogP contribution in [0.3, 0.4) is 0 Å². The number of nitrogens with zero attached hydrogens (tertiary/aromatic N) is 1. The van der Waals surface area contributed by atoms with Gasteiger partial charge in [0.1, 0.15) is 0 Å². The highest BCUT2D eigenvalue weighted by atomic mass is 32.1. The first-order valence-corrected chi connectivity index (χ1v) is 8.26. The van der Waals surface area contributed by atoms with E-state index in [0.29, 0.717) is 30.0 Å². The number of thiocarbonyl (C=S) groups is 1. The normalized spacial score (nSPS) is 12.2. The second-order valence-corrected chi connectivity index (χ2v) is 6.22. The molecule has 0 saturated carbocycles. The van der Waals surface area contributed by atoms with E-state index in [-0.39, 0.29) is 6.04 Å². The summed E-state index contributed by atoms with van der Waals surface area (Å²) >= 11 is 5.15. The first-order valence-electron chi connectivity index (χ1n) is 7.85. The van der Waals surface area contributed by atoms with Crippen molar-refractivity contribution in [3.05, 3.63) is 23.8 Å². The summed E-state index contributed by atoms with van der Waals surface area (Å²) in [5, 5.41) is 7.63. The Hall–Kier alpha value is -1.86. The average Bonchev–Trinajstić information content (AvgIpc) is 2.53. The molecule has 0 bridgehead atoms. The van der Waals surface area contributed by atoms with Crippen molar-refractivity contribution < 1.29 is 14.2 Å². The largest absolute Gasteiger partial charge is 0.493 e. The van der Waals surface area contributed by atoms with Crippen LogP contribution < -0.4 is 20.2 Å². The van der Waals surface area contributed by atoms with Crippen molar-refractivity contribution in [2.75, 3.05) is 27.4 Å². The lowest BCUT2D eigenvalue weighted by atomic mass is 10.2. The van der Waals surface area contributed by atoms with Crippen LogP contribution in [0.4, 0.5) is 0 Å². The lowest BCUT2D eigenvalue weighted by molar-refractivity contribution is 0.179. The van der Waals surface area contributed by atoms with Gasteiger partial charge in [0.25, 0.3) is 0 Å². The van der Waals surface area contributed by atoms with Crippen LogP contribution in [0.15, 0.2) is 23.3 Å². The Balaban J connectivity index is 2.59. The van der Waals surface area contributed by atoms with Gasteiger partial charge in [-0.05, 0) is 48.8 Å². The molecule has 2 N–H and O–H groups in total. The molecule has 0 heterocycles. The quantitative estimate of drug-likeness (QED) is 0.404. The number of ether oxygens (including phenoxy) is 3. The van der Waals surface area contributed by atoms with E-state index < -0.39 is 0 Å². The zero-order valence-corrected chi connectivity index (χ0v) is 15.8. The maximum absolute atomic E-state index is 5.73. The molecule has 0 aliphatic rings. The van der Waals surface area contributed by atoms with Gasteiger partial charge in [-0.3, -0.25) is 5.43 Å². The molecule has 24 heavy (non-hydrogen) atoms. The van der Waals surface area contributed by atoms with Gasteiger partial charge in [0.05, 0.1) is 26.5 Å². The topological polar surface area (TPSA) is 64.1 Å². The van der Waals surface area contributed by atoms with Crippen molar-refractivity contribution in [1.29, 1.82) is 0 Å². The highest BCUT2D eigenvalue weighted by Crippen LogP contribution is 2.27. The van der Waals surface area contributed by atoms with Gasteiger partial charge in [-0.15, -0.1) is 0 Å². The smallest absolute Gasteiger partial charge is 0.187 e. The third kappa shape index (κ3) is 7.61. The van der Waals surface area contributed by atoms with Gasteiger partial charge in [-0.1, -0.05) is 13.8 Å². The fourth-order valence-corrected chi connectivity index (χ4v) is 2.11. The van der Waals surface area contributed by atoms with E-state index in [1.54, 1.807) is 20.4 Å². The van der Waals surface area contributed by atoms with E-state index >= 15 is 0 Å². The average molecular weight is 353 g/mol. The molecule has 0 aliphatic heterocycles. The van der Waals surface area contributed by atoms with Crippen molar-refractivity contribution in [1.82, 2.24) is 10.7 Å². The fourth-order valence-electron chi connectivity index (χ4n) is 1.85. The zero-order chi connectivity index (χ0) is 17.9. The van der Waals surface area contributed by atoms with Crippen LogP contribution in [0.2, 0.25) is 0 Å². The monoisotopic (exact) mass is 353 g/mol. The number of hydrazone groups is 1. The molecule has 0 radical (unpaired) electrons. The highest BCUT2D eigenvalue weighted by Gasteiger charge is 2.06. The van der Waals surface area contributed by atoms with Crippen molar-refractivity contribution in [3.8, 4) is 11.5 Å². The van der Waals surface area contributed by atoms with Crippen LogP contribution in [0, 0.1) is 5.92 Å². The van der Waals surface area contributed by atoms with Crippen LogP contribution in [0.1, 0.15) is 26.3 Å². The molecule has 1 aromatic carbocycles. The summed E-state index contributed by atoms with van der Waals surface area (Å²) in [5.74, 6) is 1.85. The predicted octanol–water partition coefficient (Wildman–Crippen LogP) is 2.56. The lowest BCUT2D eigenvalue weighted by Gasteiger charge is -2.14. The molecule has 6 nitrogen and oxygen atoms in total. The number of hydrogen-bond donors (Lipinski definition) is 2. The number of benzene rings is 1. The summed E-state index contributed by atoms with van der Waals surface area (Å²) in [5.41, 5.74) is 3.65. The third-order valence-corrected chi connectivity index (χ3v) is 3.14. The molecule has 1 aromatic rings. The Morgan fingerprint density at radius 2 is 1.96 bits per heavy atom. The van der Waals surface area contributed by atoms with Gasteiger partial charge in [0.2, 0.25) is 0 Å². The van der Waals surface area contributed by atoms with Crippen molar-refractivity contribution in [3.63, 3.8) is 0 Å². The van der Waals surface area contributed by atoms with Crippen molar-refractivity contribution >= 4 is 23.5 Å². The summed E-state index contributed by atoms with van der Waals surface area (Å²) in [6, 6.07) is 5.76. The van der Waals surface area contributed by atoms with E-state index in [2.05, 4.69) is 29.7 Å². The second-order valence-electron chi connectivity index (χ2n) is 5.82. The van der Waals surface area contributed by atoms with Crippen LogP contribution in [0.5, 0.6) is 11.5 Å². The number of methoxy groups -OCH3 is 2. The Morgan fingerprint density at radius 1 is 1.21 bits per heavy atom. The summed E-state index contributed by atoms with van der Waals surface area (Å²) < 4.78 is 16.1. The maximum Gasteiger partial charge on any atom is 0.187 e. The zero-order valence-electron chi connectivity index (χ0n) is 15.0. The van der Waals surface area contributed by atoms with Crippen LogP contribution >= 0.6 is 12.2 Å². The molecular weight excluding hydrogens is 326 g/mol. The minimum Gasteiger partial charge on any atom is -0.493 e. The van der Waals surface area contributed by atoms with Crippen molar-refractivity contribution in [2.24, 2.45) is 11.0 Å². The molecule has 0 saturated heterocycles. The van der Waals surface area contributed by atoms with E-state index in [1.165, 1.54) is 0 Å². The first-order chi connectivity index (χ1) is 11.5. The fraction of sp³-hybridized carbons (Fsp3) is 0.529. The van der Waals surface area contributed by atoms with Gasteiger partial charge in [0, 0.05) is 13.2 Å². The first kappa shape index (κ1) is 20.2. The Morgan fingerprint density at radius 3 is 2.58 bits per heavy atom. The molecule has 0 aliphatic carbocycles. The van der Waals surface area contributed by atoms with Crippen LogP contribution in [0.25, 0.3) is 0 Å². The van der Waals surface area contributed by atoms with E-state index in [0.717, 1.165) is 11.3 Å². The Bertz CT molecular complexity index is 550. The van der Waals surface area contributed by atoms with Crippen LogP contribution in [-0.2, 0) is 4.74 Å². The predicted molar refractivity (Wildman–Crippen MR) is 101 cm³/mol. The van der Waals surface area contributed by atoms with Gasteiger partial charge in [-0.2, -0.15) is 5.10 Å². The van der Waals surface area contributed by atoms with E-state index in [1.807, 2.05) is 25.1 Å². The van der Waals surface area contributed by atoms with Gasteiger partial charge >= 0.3 is 0 Å². The lowest BCUT2D eigenvalue weighted by Crippen LogP contribution is -2.40. The number of nitrogens with one attached hydrogen (secondary N) is 2. The number of rotatable bonds is 9. The van der Waals surface area contributed by atoms with Gasteiger partial charge < -0.3 is 19.5 Å². The Kier molecular flexibility index (Phi) is 9.11. The van der Waals surface area contributed by atoms with Gasteiger partial charge in [-0.25, -0.2) is 0 Å². The molecule has 1 rings (SSSR count). The minimum absolute atomic E-state index is 0.114. The summed E-state index contributed by atoms with van der Waals surface area (Å²) in [4.78, 5) is 0. The molecular formula is C17H27N3O3S. The second kappa shape index (κ2) is 10.8. The molecule has 0 spiro atoms. The summed E-state index contributed by atoms with van der Waals surface area (Å²) in [6.45, 7) is 7.39. The van der Waals surface area contributed by atoms with Crippen LogP contribution in [-0.4, -0.2) is 44.8 Å². The molecule has 0 aromatic heterocycles. The molecule has 134 valence electrons. The molecule has 7 heteroatoms. The van der Waals surface area contributed by atoms with Crippen molar-refractivity contribution in [2.45, 2.75) is 26.8 Å². The van der Waals surface area contributed by atoms with E-state index in [9.17, 15) is 0 Å². The molecule has 0 fully saturated rings. The molecule has 0 unspecified atom stereocenters. The SMILES string of the molecule is COC[C@H](C)NC(=S)N/N=C\c1ccc(OCC(C)C)c(OC)c1. The Labute approximate surface area is 149 Å². The third-order valence-electron chi connectivity index (χ3n) is 2.93. The van der Waals surface area contributed by atoms with E-state index in [4.69, 9.17) is 26.4 Å². The number of hydrogen-bond acceptors (Lipinski definition) is 5. The standard InChI is InChI=1S/C17H27N3O3S/c1-12(2)10-23-15-7-6-14(8-16(15)22-5)9-18-20-17(24)19-13(3)11-21-4/h6-9,12-13H,10-11H2,1-5H3,(H2,19,20,24)/b18-9-/t13-/m0/s1. The molecule has 1 atom stereocenters. The minimum atomic E-state index is 0.114. The summed E-state index contributed by atoms with van der Waals surface area (Å²) in [6.07, 6.45) is 1.67. The summed E-state index contributed by atoms with van der Waals surface area (Å²) in [7, 11) is 3.27. The highest BCUT2D eigenvalue weighted by molar-refractivity contribution is 7.80.